The highest BCUT2D eigenvalue weighted by Crippen LogP contribution is 2.22. The van der Waals surface area contributed by atoms with Crippen molar-refractivity contribution in [2.45, 2.75) is 18.0 Å². The molecular weight excluding hydrogens is 338 g/mol. The monoisotopic (exact) mass is 347 g/mol. The van der Waals surface area contributed by atoms with Gasteiger partial charge in [-0.2, -0.15) is 13.2 Å². The highest BCUT2D eigenvalue weighted by Gasteiger charge is 2.33. The van der Waals surface area contributed by atoms with Crippen LogP contribution in [0.1, 0.15) is 17.3 Å². The van der Waals surface area contributed by atoms with Crippen LogP contribution in [0.15, 0.2) is 23.1 Å². The standard InChI is InChI=1S/C11H10ClF4NO3S/c1-2-17(6-11(14,15)16)10(18)8-4-3-7(5-9(8)13)21(12,19)20/h3-5H,2,6H2,1H3. The average molecular weight is 348 g/mol. The van der Waals surface area contributed by atoms with Crippen molar-refractivity contribution >= 4 is 25.6 Å². The number of hydrogen-bond donors (Lipinski definition) is 0. The number of carbonyl (C=O) groups is 1. The average Bonchev–Trinajstić information content (AvgIpc) is 2.32. The largest absolute Gasteiger partial charge is 0.406 e. The van der Waals surface area contributed by atoms with Gasteiger partial charge in [0.25, 0.3) is 15.0 Å². The maximum Gasteiger partial charge on any atom is 0.406 e. The third kappa shape index (κ3) is 4.85. The first-order valence-electron chi connectivity index (χ1n) is 5.56. The first-order valence-corrected chi connectivity index (χ1v) is 7.87. The van der Waals surface area contributed by atoms with E-state index < -0.39 is 44.0 Å². The summed E-state index contributed by atoms with van der Waals surface area (Å²) < 4.78 is 72.6. The molecule has 0 saturated heterocycles. The van der Waals surface area contributed by atoms with Gasteiger partial charge >= 0.3 is 6.18 Å². The van der Waals surface area contributed by atoms with Gasteiger partial charge in [-0.3, -0.25) is 4.79 Å². The molecule has 0 bridgehead atoms. The van der Waals surface area contributed by atoms with E-state index in [2.05, 4.69) is 0 Å². The molecule has 118 valence electrons. The van der Waals surface area contributed by atoms with Gasteiger partial charge in [-0.25, -0.2) is 12.8 Å². The minimum absolute atomic E-state index is 0.284. The highest BCUT2D eigenvalue weighted by molar-refractivity contribution is 8.13. The lowest BCUT2D eigenvalue weighted by molar-refractivity contribution is -0.140. The molecule has 1 rings (SSSR count). The van der Waals surface area contributed by atoms with Gasteiger partial charge in [-0.05, 0) is 25.1 Å². The first-order chi connectivity index (χ1) is 9.45. The molecule has 0 aliphatic carbocycles. The topological polar surface area (TPSA) is 54.5 Å². The summed E-state index contributed by atoms with van der Waals surface area (Å²) in [6.07, 6.45) is -4.62. The Morgan fingerprint density at radius 3 is 2.29 bits per heavy atom. The molecule has 0 atom stereocenters. The molecule has 10 heteroatoms. The number of hydrogen-bond acceptors (Lipinski definition) is 3. The van der Waals surface area contributed by atoms with Crippen molar-refractivity contribution in [3.05, 3.63) is 29.6 Å². The smallest absolute Gasteiger partial charge is 0.330 e. The Morgan fingerprint density at radius 1 is 1.33 bits per heavy atom. The Balaban J connectivity index is 3.13. The zero-order valence-corrected chi connectivity index (χ0v) is 12.2. The summed E-state index contributed by atoms with van der Waals surface area (Å²) in [7, 11) is 0.806. The third-order valence-electron chi connectivity index (χ3n) is 2.49. The summed E-state index contributed by atoms with van der Waals surface area (Å²) in [4.78, 5) is 11.6. The number of nitrogens with zero attached hydrogens (tertiary/aromatic N) is 1. The Bertz CT molecular complexity index is 645. The van der Waals surface area contributed by atoms with E-state index in [1.807, 2.05) is 0 Å². The predicted molar refractivity (Wildman–Crippen MR) is 67.1 cm³/mol. The molecule has 1 aromatic rings. The van der Waals surface area contributed by atoms with Crippen LogP contribution in [0.3, 0.4) is 0 Å². The molecule has 0 unspecified atom stereocenters. The molecule has 4 nitrogen and oxygen atoms in total. The Hall–Kier alpha value is -1.35. The molecule has 0 aliphatic heterocycles. The lowest BCUT2D eigenvalue weighted by Crippen LogP contribution is -2.39. The highest BCUT2D eigenvalue weighted by atomic mass is 35.7. The summed E-state index contributed by atoms with van der Waals surface area (Å²) in [5.41, 5.74) is -0.662. The van der Waals surface area contributed by atoms with E-state index in [0.717, 1.165) is 12.1 Å². The van der Waals surface area contributed by atoms with Gasteiger partial charge < -0.3 is 4.90 Å². The number of halogens is 5. The summed E-state index contributed by atoms with van der Waals surface area (Å²) >= 11 is 0. The number of benzene rings is 1. The van der Waals surface area contributed by atoms with Crippen LogP contribution in [0.4, 0.5) is 17.6 Å². The van der Waals surface area contributed by atoms with Crippen molar-refractivity contribution < 1.29 is 30.8 Å². The minimum Gasteiger partial charge on any atom is -0.330 e. The number of alkyl halides is 3. The number of amides is 1. The van der Waals surface area contributed by atoms with Gasteiger partial charge in [0.15, 0.2) is 0 Å². The van der Waals surface area contributed by atoms with E-state index in [1.165, 1.54) is 6.92 Å². The Kier molecular flexibility index (Phi) is 5.21. The molecule has 0 saturated carbocycles. The zero-order valence-electron chi connectivity index (χ0n) is 10.6. The Labute approximate surface area is 122 Å². The van der Waals surface area contributed by atoms with Crippen LogP contribution < -0.4 is 0 Å². The van der Waals surface area contributed by atoms with Crippen LogP contribution in [0.25, 0.3) is 0 Å². The fourth-order valence-electron chi connectivity index (χ4n) is 1.53. The molecule has 0 radical (unpaired) electrons. The molecule has 0 aliphatic rings. The van der Waals surface area contributed by atoms with Gasteiger partial charge in [0.2, 0.25) is 0 Å². The zero-order chi connectivity index (χ0) is 16.4. The van der Waals surface area contributed by atoms with Gasteiger partial charge in [-0.15, -0.1) is 0 Å². The first kappa shape index (κ1) is 17.7. The van der Waals surface area contributed by atoms with Crippen LogP contribution in [-0.2, 0) is 9.05 Å². The summed E-state index contributed by atoms with van der Waals surface area (Å²) in [5, 5.41) is 0. The molecule has 1 aromatic carbocycles. The van der Waals surface area contributed by atoms with Crippen LogP contribution in [0.5, 0.6) is 0 Å². The number of rotatable bonds is 4. The van der Waals surface area contributed by atoms with Crippen LogP contribution in [-0.4, -0.2) is 38.5 Å². The molecule has 1 amide bonds. The second kappa shape index (κ2) is 6.18. The fourth-order valence-corrected chi connectivity index (χ4v) is 2.30. The summed E-state index contributed by atoms with van der Waals surface area (Å²) in [6, 6.07) is 2.11. The molecule has 0 N–H and O–H groups in total. The van der Waals surface area contributed by atoms with Crippen molar-refractivity contribution in [3.8, 4) is 0 Å². The normalized spacial score (nSPS) is 12.3. The fraction of sp³-hybridized carbons (Fsp3) is 0.364. The molecule has 0 spiro atoms. The number of carbonyl (C=O) groups excluding carboxylic acids is 1. The SMILES string of the molecule is CCN(CC(F)(F)F)C(=O)c1ccc(S(=O)(=O)Cl)cc1F. The Morgan fingerprint density at radius 2 is 1.90 bits per heavy atom. The van der Waals surface area contributed by atoms with Crippen LogP contribution in [0.2, 0.25) is 0 Å². The summed E-state index contributed by atoms with van der Waals surface area (Å²) in [6.45, 7) is -0.510. The van der Waals surface area contributed by atoms with Crippen LogP contribution in [0, 0.1) is 5.82 Å². The summed E-state index contributed by atoms with van der Waals surface area (Å²) in [5.74, 6) is -2.45. The van der Waals surface area contributed by atoms with Gasteiger partial charge in [0.05, 0.1) is 10.5 Å². The van der Waals surface area contributed by atoms with Crippen molar-refractivity contribution in [2.24, 2.45) is 0 Å². The van der Waals surface area contributed by atoms with E-state index in [9.17, 15) is 30.8 Å². The second-order valence-electron chi connectivity index (χ2n) is 4.01. The molecule has 21 heavy (non-hydrogen) atoms. The molecule has 0 heterocycles. The van der Waals surface area contributed by atoms with Gasteiger partial charge in [-0.1, -0.05) is 0 Å². The van der Waals surface area contributed by atoms with Crippen LogP contribution >= 0.6 is 10.7 Å². The maximum atomic E-state index is 13.7. The predicted octanol–water partition coefficient (Wildman–Crippen LogP) is 2.78. The molecule has 0 aromatic heterocycles. The lowest BCUT2D eigenvalue weighted by atomic mass is 10.2. The van der Waals surface area contributed by atoms with E-state index in [-0.39, 0.29) is 6.54 Å². The van der Waals surface area contributed by atoms with Gasteiger partial charge in [0.1, 0.15) is 12.4 Å². The van der Waals surface area contributed by atoms with E-state index in [1.54, 1.807) is 0 Å². The van der Waals surface area contributed by atoms with Gasteiger partial charge in [0, 0.05) is 17.2 Å². The molecular formula is C11H10ClF4NO3S. The third-order valence-corrected chi connectivity index (χ3v) is 3.84. The quantitative estimate of drug-likeness (QED) is 0.621. The molecule has 0 fully saturated rings. The van der Waals surface area contributed by atoms with E-state index >= 15 is 0 Å². The van der Waals surface area contributed by atoms with Crippen molar-refractivity contribution in [2.75, 3.05) is 13.1 Å². The van der Waals surface area contributed by atoms with E-state index in [4.69, 9.17) is 10.7 Å². The maximum absolute atomic E-state index is 13.7. The van der Waals surface area contributed by atoms with Crippen molar-refractivity contribution in [1.29, 1.82) is 0 Å². The van der Waals surface area contributed by atoms with E-state index in [0.29, 0.717) is 11.0 Å². The second-order valence-corrected chi connectivity index (χ2v) is 6.58. The van der Waals surface area contributed by atoms with Crippen molar-refractivity contribution in [3.63, 3.8) is 0 Å². The lowest BCUT2D eigenvalue weighted by Gasteiger charge is -2.22. The van der Waals surface area contributed by atoms with Crippen molar-refractivity contribution in [1.82, 2.24) is 4.90 Å². The minimum atomic E-state index is -4.62.